The smallest absolute Gasteiger partial charge is 0.162 e. The Kier molecular flexibility index (Phi) is 12.4. The third-order valence-electron chi connectivity index (χ3n) is 4.94. The molecule has 2 nitrogen and oxygen atoms in total. The lowest BCUT2D eigenvalue weighted by atomic mass is 10.0. The summed E-state index contributed by atoms with van der Waals surface area (Å²) in [6.07, 6.45) is 9.94. The highest BCUT2D eigenvalue weighted by molar-refractivity contribution is 14.1. The van der Waals surface area contributed by atoms with Gasteiger partial charge in [0.2, 0.25) is 0 Å². The van der Waals surface area contributed by atoms with Gasteiger partial charge in [-0.1, -0.05) is 66.2 Å². The van der Waals surface area contributed by atoms with Gasteiger partial charge in [0.25, 0.3) is 0 Å². The lowest BCUT2D eigenvalue weighted by Crippen LogP contribution is -2.14. The zero-order valence-corrected chi connectivity index (χ0v) is 18.8. The second-order valence-corrected chi connectivity index (χ2v) is 8.29. The van der Waals surface area contributed by atoms with Gasteiger partial charge < -0.3 is 9.47 Å². The Bertz CT molecular complexity index is 461. The molecule has 0 aliphatic heterocycles. The van der Waals surface area contributed by atoms with Crippen molar-refractivity contribution in [2.45, 2.75) is 79.1 Å². The Balaban J connectivity index is 2.64. The van der Waals surface area contributed by atoms with Crippen molar-refractivity contribution in [3.8, 4) is 11.5 Å². The zero-order chi connectivity index (χ0) is 18.5. The van der Waals surface area contributed by atoms with Crippen LogP contribution in [0.4, 0.5) is 0 Å². The van der Waals surface area contributed by atoms with Gasteiger partial charge in [-0.15, -0.1) is 0 Å². The van der Waals surface area contributed by atoms with Crippen LogP contribution in [0.15, 0.2) is 18.2 Å². The van der Waals surface area contributed by atoms with E-state index in [0.717, 1.165) is 24.7 Å². The van der Waals surface area contributed by atoms with Gasteiger partial charge in [0.15, 0.2) is 11.5 Å². The first-order valence-corrected chi connectivity index (χ1v) is 11.3. The van der Waals surface area contributed by atoms with Gasteiger partial charge in [0.1, 0.15) is 0 Å². The minimum Gasteiger partial charge on any atom is -0.489 e. The number of hydrogen-bond acceptors (Lipinski definition) is 2. The van der Waals surface area contributed by atoms with Crippen LogP contribution in [0, 0.1) is 15.4 Å². The largest absolute Gasteiger partial charge is 0.489 e. The normalized spacial score (nSPS) is 13.5. The second kappa shape index (κ2) is 13.7. The molecule has 1 aromatic rings. The van der Waals surface area contributed by atoms with Crippen LogP contribution in [0.25, 0.3) is 0 Å². The topological polar surface area (TPSA) is 18.5 Å². The van der Waals surface area contributed by atoms with E-state index in [4.69, 9.17) is 9.47 Å². The maximum atomic E-state index is 6.19. The monoisotopic (exact) mass is 460 g/mol. The minimum absolute atomic E-state index is 0.638. The molecule has 0 amide bonds. The van der Waals surface area contributed by atoms with Gasteiger partial charge >= 0.3 is 0 Å². The first-order chi connectivity index (χ1) is 12.1. The molecule has 0 aliphatic rings. The average Bonchev–Trinajstić information content (AvgIpc) is 2.63. The minimum atomic E-state index is 0.638. The van der Waals surface area contributed by atoms with Crippen LogP contribution >= 0.6 is 22.6 Å². The zero-order valence-electron chi connectivity index (χ0n) is 16.7. The van der Waals surface area contributed by atoms with Crippen molar-refractivity contribution in [1.29, 1.82) is 0 Å². The fourth-order valence-corrected chi connectivity index (χ4v) is 3.39. The molecule has 0 radical (unpaired) electrons. The molecular formula is C22H37IO2. The van der Waals surface area contributed by atoms with Gasteiger partial charge in [0.05, 0.1) is 13.2 Å². The molecular weight excluding hydrogens is 423 g/mol. The van der Waals surface area contributed by atoms with Crippen LogP contribution in [0.1, 0.15) is 79.1 Å². The van der Waals surface area contributed by atoms with Gasteiger partial charge in [-0.25, -0.2) is 0 Å². The summed E-state index contributed by atoms with van der Waals surface area (Å²) in [5.41, 5.74) is 0. The van der Waals surface area contributed by atoms with Gasteiger partial charge in [0, 0.05) is 3.57 Å². The van der Waals surface area contributed by atoms with Crippen molar-refractivity contribution in [2.24, 2.45) is 11.8 Å². The predicted molar refractivity (Wildman–Crippen MR) is 117 cm³/mol. The third-order valence-corrected chi connectivity index (χ3v) is 5.61. The Hall–Kier alpha value is -0.450. The van der Waals surface area contributed by atoms with Crippen LogP contribution in [0.2, 0.25) is 0 Å². The number of benzene rings is 1. The summed E-state index contributed by atoms with van der Waals surface area (Å²) in [6, 6.07) is 6.27. The lowest BCUT2D eigenvalue weighted by Gasteiger charge is -2.20. The van der Waals surface area contributed by atoms with E-state index in [1.807, 2.05) is 0 Å². The molecule has 0 aliphatic carbocycles. The summed E-state index contributed by atoms with van der Waals surface area (Å²) >= 11 is 2.34. The van der Waals surface area contributed by atoms with E-state index in [1.54, 1.807) is 0 Å². The molecule has 1 rings (SSSR count). The lowest BCUT2D eigenvalue weighted by molar-refractivity contribution is 0.199. The van der Waals surface area contributed by atoms with Gasteiger partial charge in [-0.2, -0.15) is 0 Å². The van der Waals surface area contributed by atoms with Crippen molar-refractivity contribution in [2.75, 3.05) is 13.2 Å². The third kappa shape index (κ3) is 9.16. The van der Waals surface area contributed by atoms with Crippen LogP contribution in [0.5, 0.6) is 11.5 Å². The van der Waals surface area contributed by atoms with E-state index in [1.165, 1.54) is 54.9 Å². The molecule has 2 atom stereocenters. The molecule has 0 saturated carbocycles. The van der Waals surface area contributed by atoms with Gasteiger partial charge in [-0.3, -0.25) is 0 Å². The van der Waals surface area contributed by atoms with E-state index < -0.39 is 0 Å². The molecule has 0 spiro atoms. The summed E-state index contributed by atoms with van der Waals surface area (Å²) in [5, 5.41) is 0. The summed E-state index contributed by atoms with van der Waals surface area (Å²) in [6.45, 7) is 10.6. The molecule has 0 heterocycles. The molecule has 3 heteroatoms. The molecule has 144 valence electrons. The standard InChI is InChI=1S/C22H37IO2/c1-5-9-11-18(7-3)16-24-21-14-13-20(23)15-22(21)25-17-19(8-4)12-10-6-2/h13-15,18-19H,5-12,16-17H2,1-4H3. The molecule has 2 unspecified atom stereocenters. The summed E-state index contributed by atoms with van der Waals surface area (Å²) < 4.78 is 13.5. The fraction of sp³-hybridized carbons (Fsp3) is 0.727. The first kappa shape index (κ1) is 22.6. The Morgan fingerprint density at radius 1 is 0.800 bits per heavy atom. The van der Waals surface area contributed by atoms with Gasteiger partial charge in [-0.05, 0) is 65.5 Å². The average molecular weight is 460 g/mol. The second-order valence-electron chi connectivity index (χ2n) is 7.05. The molecule has 1 aromatic carbocycles. The maximum absolute atomic E-state index is 6.19. The van der Waals surface area contributed by atoms with E-state index >= 15 is 0 Å². The number of unbranched alkanes of at least 4 members (excludes halogenated alkanes) is 2. The van der Waals surface area contributed by atoms with E-state index in [2.05, 4.69) is 68.5 Å². The van der Waals surface area contributed by atoms with E-state index in [0.29, 0.717) is 11.8 Å². The Morgan fingerprint density at radius 2 is 1.32 bits per heavy atom. The summed E-state index contributed by atoms with van der Waals surface area (Å²) in [4.78, 5) is 0. The van der Waals surface area contributed by atoms with Crippen LogP contribution < -0.4 is 9.47 Å². The SMILES string of the molecule is CCCCC(CC)COc1ccc(I)cc1OCC(CC)CCCC. The van der Waals surface area contributed by atoms with Crippen LogP contribution in [0.3, 0.4) is 0 Å². The quantitative estimate of drug-likeness (QED) is 0.268. The van der Waals surface area contributed by atoms with Crippen molar-refractivity contribution in [3.05, 3.63) is 21.8 Å². The van der Waals surface area contributed by atoms with Crippen molar-refractivity contribution in [3.63, 3.8) is 0 Å². The highest BCUT2D eigenvalue weighted by Crippen LogP contribution is 2.31. The van der Waals surface area contributed by atoms with E-state index in [9.17, 15) is 0 Å². The molecule has 0 bridgehead atoms. The van der Waals surface area contributed by atoms with Crippen molar-refractivity contribution < 1.29 is 9.47 Å². The predicted octanol–water partition coefficient (Wildman–Crippen LogP) is 7.48. The molecule has 25 heavy (non-hydrogen) atoms. The Labute approximate surface area is 169 Å². The van der Waals surface area contributed by atoms with Crippen LogP contribution in [-0.4, -0.2) is 13.2 Å². The fourth-order valence-electron chi connectivity index (χ4n) is 2.93. The van der Waals surface area contributed by atoms with Crippen molar-refractivity contribution in [1.82, 2.24) is 0 Å². The van der Waals surface area contributed by atoms with E-state index in [-0.39, 0.29) is 0 Å². The summed E-state index contributed by atoms with van der Waals surface area (Å²) in [7, 11) is 0. The Morgan fingerprint density at radius 3 is 1.80 bits per heavy atom. The van der Waals surface area contributed by atoms with Crippen LogP contribution in [-0.2, 0) is 0 Å². The highest BCUT2D eigenvalue weighted by Gasteiger charge is 2.13. The molecule has 0 aromatic heterocycles. The first-order valence-electron chi connectivity index (χ1n) is 10.2. The highest BCUT2D eigenvalue weighted by atomic mass is 127. The molecule has 0 saturated heterocycles. The number of rotatable bonds is 14. The molecule has 0 fully saturated rings. The number of hydrogen-bond donors (Lipinski definition) is 0. The number of ether oxygens (including phenoxy) is 2. The summed E-state index contributed by atoms with van der Waals surface area (Å²) in [5.74, 6) is 3.09. The van der Waals surface area contributed by atoms with Crippen molar-refractivity contribution >= 4 is 22.6 Å². The maximum Gasteiger partial charge on any atom is 0.162 e. The molecule has 0 N–H and O–H groups in total. The number of halogens is 1.